The number of benzene rings is 1. The van der Waals surface area contributed by atoms with Gasteiger partial charge >= 0.3 is 42.7 Å². The molecule has 0 radical (unpaired) electrons. The van der Waals surface area contributed by atoms with Gasteiger partial charge in [0.25, 0.3) is 11.4 Å². The van der Waals surface area contributed by atoms with E-state index in [-0.39, 0.29) is 75.3 Å². The molecular formula is C47H83F5LiNO19S. The average Bonchev–Trinajstić information content (AvgIpc) is 4.27. The number of hydrogen-bond acceptors (Lipinski definition) is 18. The van der Waals surface area contributed by atoms with Crippen molar-refractivity contribution in [3.8, 4) is 0 Å². The Morgan fingerprint density at radius 2 is 1.08 bits per heavy atom. The molecule has 5 atom stereocenters. The van der Waals surface area contributed by atoms with Crippen molar-refractivity contribution in [2.75, 3.05) is 121 Å². The zero-order valence-electron chi connectivity index (χ0n) is 44.6. The first-order chi connectivity index (χ1) is 33.9. The van der Waals surface area contributed by atoms with Crippen LogP contribution < -0.4 is 18.9 Å². The second-order valence-corrected chi connectivity index (χ2v) is 17.4. The maximum absolute atomic E-state index is 12.4. The zero-order valence-corrected chi connectivity index (χ0v) is 45.5. The number of aliphatic hydroxyl groups excluding tert-OH is 1. The molecule has 5 aliphatic heterocycles. The van der Waals surface area contributed by atoms with E-state index in [1.165, 1.54) is 48.4 Å². The molecule has 6 rings (SSSR count). The van der Waals surface area contributed by atoms with Gasteiger partial charge in [0.05, 0.1) is 60.5 Å². The second kappa shape index (κ2) is 43.2. The first kappa shape index (κ1) is 77.7. The van der Waals surface area contributed by atoms with Gasteiger partial charge in [0.2, 0.25) is 0 Å². The number of carbonyl (C=O) groups excluding carboxylic acids is 3. The van der Waals surface area contributed by atoms with E-state index in [1.807, 2.05) is 44.2 Å². The van der Waals surface area contributed by atoms with Gasteiger partial charge in [-0.2, -0.15) is 4.31 Å². The molecule has 0 amide bonds. The number of rotatable bonds is 18. The normalized spacial score (nSPS) is 24.3. The number of methoxy groups -OCH3 is 5. The monoisotopic (exact) mass is 1100 g/mol. The maximum Gasteiger partial charge on any atom is 1.00 e. The van der Waals surface area contributed by atoms with Crippen LogP contribution in [0.4, 0.5) is 20.4 Å². The number of aliphatic hydroxyl groups is 1. The standard InChI is InChI=1S/C14H18O4.C7H11FO3.C7H12O4.C6H14F3NO2S.C6H9FO3.C5H10O.C2H6.Li.2H2O/c1-16-13(15)14(8-5-9-18-14)11-17-10-12-6-3-2-4-7-12;2*1-10-6(9)7(5-8)3-2-4-11-7;1-11-5-3-10(4-6-12-2)13(7,8)9;7-4-6(5(8)9)2-1-3-10-6;1-5-3-2-4-6-5;1-2;;;/h2-4,6-7H,5,8-11H2,1H3;2-5H2,1H3;8H,2-5H2,1H3;3-6H2,1-2H3;1-4H2,(H,8,9);5H,2-4H2,1H3;1-2H3;;2*1H2/q;;;;;;;+1;;/p-1. The second-order valence-electron chi connectivity index (χ2n) is 16.1. The first-order valence-electron chi connectivity index (χ1n) is 23.6. The summed E-state index contributed by atoms with van der Waals surface area (Å²) in [6.07, 6.45) is 8.03. The smallest absolute Gasteiger partial charge is 0.870 e. The number of alkyl halides is 2. The topological polar surface area (TPSA) is 275 Å². The molecule has 5 N–H and O–H groups in total. The van der Waals surface area contributed by atoms with Crippen LogP contribution in [0.1, 0.15) is 90.5 Å². The van der Waals surface area contributed by atoms with Gasteiger partial charge < -0.3 is 73.3 Å². The predicted octanol–water partition coefficient (Wildman–Crippen LogP) is 3.06. The molecule has 5 heterocycles. The summed E-state index contributed by atoms with van der Waals surface area (Å²) in [7, 11) is 6.66. The van der Waals surface area contributed by atoms with Crippen LogP contribution in [0.15, 0.2) is 30.3 Å². The molecule has 5 aliphatic rings. The molecule has 0 aliphatic carbocycles. The van der Waals surface area contributed by atoms with Crippen molar-refractivity contribution in [1.29, 1.82) is 0 Å². The van der Waals surface area contributed by atoms with Crippen molar-refractivity contribution in [2.24, 2.45) is 0 Å². The summed E-state index contributed by atoms with van der Waals surface area (Å²) in [5, 5.41) is 17.4. The number of hydrogen-bond donors (Lipinski definition) is 2. The Balaban J connectivity index is -0.000000400. The molecule has 20 nitrogen and oxygen atoms in total. The van der Waals surface area contributed by atoms with E-state index < -0.39 is 65.0 Å². The fraction of sp³-hybridized carbons (Fsp3) is 0.787. The fourth-order valence-electron chi connectivity index (χ4n) is 7.04. The number of esters is 3. The molecule has 432 valence electrons. The number of aliphatic carboxylic acids is 1. The van der Waals surface area contributed by atoms with Gasteiger partial charge in [-0.15, -0.1) is 11.7 Å². The van der Waals surface area contributed by atoms with Gasteiger partial charge in [-0.25, -0.2) is 28.0 Å². The third-order valence-electron chi connectivity index (χ3n) is 11.1. The summed E-state index contributed by atoms with van der Waals surface area (Å²) >= 11 is -5.14. The van der Waals surface area contributed by atoms with Gasteiger partial charge in [0, 0.05) is 60.3 Å². The molecule has 5 saturated heterocycles. The van der Waals surface area contributed by atoms with Gasteiger partial charge in [0.1, 0.15) is 13.3 Å². The summed E-state index contributed by atoms with van der Waals surface area (Å²) in [5.74, 6) is -2.60. The van der Waals surface area contributed by atoms with Crippen molar-refractivity contribution in [1.82, 2.24) is 4.31 Å². The van der Waals surface area contributed by atoms with Crippen molar-refractivity contribution < 1.29 is 132 Å². The molecule has 27 heteroatoms. The Bertz CT molecular complexity index is 1520. The molecule has 74 heavy (non-hydrogen) atoms. The van der Waals surface area contributed by atoms with Crippen LogP contribution in [0.3, 0.4) is 0 Å². The minimum absolute atomic E-state index is 0. The number of carboxylic acid groups (broad SMARTS) is 1. The largest absolute Gasteiger partial charge is 1.00 e. The van der Waals surface area contributed by atoms with E-state index in [0.29, 0.717) is 75.5 Å². The summed E-state index contributed by atoms with van der Waals surface area (Å²) in [5.41, 5.74) is -3.68. The Hall–Kier alpha value is -2.78. The molecule has 1 aromatic carbocycles. The van der Waals surface area contributed by atoms with Gasteiger partial charge in [0.15, 0.2) is 22.4 Å². The van der Waals surface area contributed by atoms with Crippen molar-refractivity contribution in [3.63, 3.8) is 0 Å². The average molecular weight is 1100 g/mol. The number of ether oxygens (including phenoxy) is 11. The minimum atomic E-state index is -5.14. The van der Waals surface area contributed by atoms with E-state index >= 15 is 0 Å². The SMILES string of the molecule is CC.CC1CCCO1.COC(=O)C1(CF)CCCO1.COC(=O)C1(CO)CCCO1.COC(=O)C1(COCc2ccccc2)CCCO1.COCCN(CCOC)S(F)(F)F.O.O=C(O)C1(CF)CCCO1.[Li+].[OH-]. The summed E-state index contributed by atoms with van der Waals surface area (Å²) < 4.78 is 116. The maximum atomic E-state index is 12.4. The van der Waals surface area contributed by atoms with Crippen molar-refractivity contribution >= 4 is 35.2 Å². The van der Waals surface area contributed by atoms with E-state index in [9.17, 15) is 39.6 Å². The third kappa shape index (κ3) is 27.5. The summed E-state index contributed by atoms with van der Waals surface area (Å²) in [6.45, 7) is 7.63. The van der Waals surface area contributed by atoms with Crippen LogP contribution in [0.25, 0.3) is 0 Å². The fourth-order valence-corrected chi connectivity index (χ4v) is 7.60. The van der Waals surface area contributed by atoms with Crippen LogP contribution in [0.5, 0.6) is 0 Å². The first-order valence-corrected chi connectivity index (χ1v) is 24.8. The van der Waals surface area contributed by atoms with Gasteiger partial charge in [-0.05, 0) is 76.7 Å². The number of nitrogens with zero attached hydrogens (tertiary/aromatic N) is 1. The Morgan fingerprint density at radius 1 is 0.676 bits per heavy atom. The van der Waals surface area contributed by atoms with Gasteiger partial charge in [-0.3, -0.25) is 0 Å². The summed E-state index contributed by atoms with van der Waals surface area (Å²) in [6, 6.07) is 9.85. The molecule has 1 aromatic rings. The molecular weight excluding hydrogens is 1020 g/mol. The minimum Gasteiger partial charge on any atom is -0.870 e. The Labute approximate surface area is 447 Å². The molecule has 5 unspecified atom stereocenters. The quantitative estimate of drug-likeness (QED) is 0.0925. The van der Waals surface area contributed by atoms with Crippen LogP contribution in [-0.4, -0.2) is 199 Å². The van der Waals surface area contributed by atoms with Crippen LogP contribution in [-0.2, 0) is 77.9 Å². The third-order valence-corrected chi connectivity index (χ3v) is 12.1. The van der Waals surface area contributed by atoms with Crippen LogP contribution in [0.2, 0.25) is 0 Å². The van der Waals surface area contributed by atoms with Crippen molar-refractivity contribution in [2.45, 2.75) is 120 Å². The predicted molar refractivity (Wildman–Crippen MR) is 258 cm³/mol. The molecule has 0 bridgehead atoms. The van der Waals surface area contributed by atoms with E-state index in [1.54, 1.807) is 0 Å². The number of halogens is 5. The summed E-state index contributed by atoms with van der Waals surface area (Å²) in [4.78, 5) is 44.2. The van der Waals surface area contributed by atoms with E-state index in [4.69, 9.17) is 43.4 Å². The molecule has 0 spiro atoms. The van der Waals surface area contributed by atoms with Crippen LogP contribution >= 0.6 is 11.4 Å². The van der Waals surface area contributed by atoms with Crippen molar-refractivity contribution in [3.05, 3.63) is 35.9 Å². The number of carboxylic acids is 1. The molecule has 0 aromatic heterocycles. The van der Waals surface area contributed by atoms with E-state index in [2.05, 4.69) is 25.9 Å². The van der Waals surface area contributed by atoms with Crippen LogP contribution in [0, 0.1) is 0 Å². The zero-order chi connectivity index (χ0) is 53.8. The molecule has 5 fully saturated rings. The number of carbonyl (C=O) groups is 4. The Kier molecular flexibility index (Phi) is 45.4. The molecule has 0 saturated carbocycles. The van der Waals surface area contributed by atoms with Gasteiger partial charge in [-0.1, -0.05) is 44.2 Å². The van der Waals surface area contributed by atoms with E-state index in [0.717, 1.165) is 31.4 Å². The Morgan fingerprint density at radius 3 is 1.38 bits per heavy atom.